The predicted octanol–water partition coefficient (Wildman–Crippen LogP) is 7.61. The third-order valence-electron chi connectivity index (χ3n) is 8.56. The van der Waals surface area contributed by atoms with Gasteiger partial charge in [0.05, 0.1) is 16.0 Å². The van der Waals surface area contributed by atoms with Crippen LogP contribution in [-0.2, 0) is 19.0 Å². The summed E-state index contributed by atoms with van der Waals surface area (Å²) in [6.07, 6.45) is -0.357. The molecule has 0 saturated carbocycles. The van der Waals surface area contributed by atoms with Crippen LogP contribution < -0.4 is 0 Å². The molecule has 3 unspecified atom stereocenters. The average molecular weight is 592 g/mol. The first-order chi connectivity index (χ1) is 19.2. The molecule has 4 rings (SSSR count). The summed E-state index contributed by atoms with van der Waals surface area (Å²) in [6.45, 7) is 14.5. The molecule has 1 fully saturated rings. The lowest BCUT2D eigenvalue weighted by atomic mass is 9.84. The van der Waals surface area contributed by atoms with Crippen LogP contribution in [0.5, 0.6) is 0 Å². The maximum absolute atomic E-state index is 14.2. The first-order valence-corrected chi connectivity index (χ1v) is 18.2. The second kappa shape index (κ2) is 12.1. The zero-order chi connectivity index (χ0) is 30.1. The number of benzene rings is 3. The standard InChI is InChI=1S/C34H45NO4SSi/c1-32(2,3)41(7,8)35-30(36)28(24-29(38-6)39-33(4,5)37)31(35)40-34(25-18-12-9-13-19-25,26-20-14-10-15-21-26)27-22-16-11-17-23-27/h9-23,28-29,31,37H,24H2,1-8H3. The van der Waals surface area contributed by atoms with Crippen molar-refractivity contribution in [2.45, 2.75) is 81.4 Å². The lowest BCUT2D eigenvalue weighted by Gasteiger charge is -2.60. The molecule has 0 spiro atoms. The van der Waals surface area contributed by atoms with Crippen molar-refractivity contribution in [2.75, 3.05) is 7.11 Å². The normalized spacial score (nSPS) is 19.1. The Kier molecular flexibility index (Phi) is 9.27. The van der Waals surface area contributed by atoms with Gasteiger partial charge in [0.25, 0.3) is 0 Å². The summed E-state index contributed by atoms with van der Waals surface area (Å²) in [7, 11) is -0.703. The Morgan fingerprint density at radius 3 is 1.59 bits per heavy atom. The van der Waals surface area contributed by atoms with Crippen LogP contribution in [0.2, 0.25) is 18.1 Å². The topological polar surface area (TPSA) is 59.0 Å². The molecule has 7 heteroatoms. The number of thioether (sulfide) groups is 1. The van der Waals surface area contributed by atoms with E-state index in [9.17, 15) is 9.90 Å². The number of aliphatic hydroxyl groups is 1. The lowest BCUT2D eigenvalue weighted by molar-refractivity contribution is -0.273. The van der Waals surface area contributed by atoms with Gasteiger partial charge in [0.15, 0.2) is 20.3 Å². The molecule has 0 radical (unpaired) electrons. The highest BCUT2D eigenvalue weighted by Gasteiger charge is 2.60. The maximum atomic E-state index is 14.2. The first kappa shape index (κ1) is 31.5. The van der Waals surface area contributed by atoms with E-state index in [0.29, 0.717) is 6.42 Å². The number of carbonyl (C=O) groups excluding carboxylic acids is 1. The Balaban J connectivity index is 1.90. The number of carbonyl (C=O) groups is 1. The Hall–Kier alpha value is -2.42. The van der Waals surface area contributed by atoms with E-state index < -0.39 is 25.1 Å². The van der Waals surface area contributed by atoms with Gasteiger partial charge in [-0.3, -0.25) is 4.79 Å². The highest BCUT2D eigenvalue weighted by atomic mass is 32.2. The monoisotopic (exact) mass is 591 g/mol. The zero-order valence-corrected chi connectivity index (χ0v) is 27.4. The molecular weight excluding hydrogens is 547 g/mol. The number of amides is 1. The van der Waals surface area contributed by atoms with E-state index in [2.05, 4.69) is 111 Å². The van der Waals surface area contributed by atoms with Gasteiger partial charge < -0.3 is 19.1 Å². The molecule has 0 aromatic heterocycles. The SMILES string of the molecule is COC(CC1C(=O)N([Si](C)(C)C(C)(C)C)C1SC(c1ccccc1)(c1ccccc1)c1ccccc1)OC(C)(C)O. The van der Waals surface area contributed by atoms with Crippen molar-refractivity contribution < 1.29 is 19.4 Å². The molecule has 1 N–H and O–H groups in total. The molecule has 3 aromatic rings. The Labute approximate surface area is 251 Å². The number of nitrogens with zero attached hydrogens (tertiary/aromatic N) is 1. The van der Waals surface area contributed by atoms with Crippen LogP contribution in [0.4, 0.5) is 0 Å². The quantitative estimate of drug-likeness (QED) is 0.108. The minimum absolute atomic E-state index is 0.0361. The maximum Gasteiger partial charge on any atom is 0.221 e. The third-order valence-corrected chi connectivity index (χ3v) is 16.0. The smallest absolute Gasteiger partial charge is 0.221 e. The van der Waals surface area contributed by atoms with Crippen LogP contribution in [0, 0.1) is 5.92 Å². The molecule has 1 amide bonds. The molecular formula is C34H45NO4SSi. The molecule has 1 saturated heterocycles. The van der Waals surface area contributed by atoms with Gasteiger partial charge in [-0.25, -0.2) is 0 Å². The molecule has 3 aromatic carbocycles. The Bertz CT molecular complexity index is 1190. The summed E-state index contributed by atoms with van der Waals surface area (Å²) < 4.78 is 13.1. The summed E-state index contributed by atoms with van der Waals surface area (Å²) >= 11 is 1.84. The van der Waals surface area contributed by atoms with Gasteiger partial charge in [0.2, 0.25) is 5.91 Å². The number of hydrogen-bond donors (Lipinski definition) is 1. The van der Waals surface area contributed by atoms with E-state index in [4.69, 9.17) is 9.47 Å². The van der Waals surface area contributed by atoms with Gasteiger partial charge in [-0.05, 0) is 35.6 Å². The van der Waals surface area contributed by atoms with E-state index in [1.165, 1.54) is 0 Å². The summed E-state index contributed by atoms with van der Waals surface area (Å²) in [4.78, 5) is 14.2. The van der Waals surface area contributed by atoms with Crippen molar-refractivity contribution in [2.24, 2.45) is 5.92 Å². The van der Waals surface area contributed by atoms with E-state index in [1.807, 2.05) is 30.0 Å². The molecule has 41 heavy (non-hydrogen) atoms. The second-order valence-corrected chi connectivity index (χ2v) is 19.3. The lowest BCUT2D eigenvalue weighted by Crippen LogP contribution is -2.72. The summed E-state index contributed by atoms with van der Waals surface area (Å²) in [6, 6.07) is 31.8. The Morgan fingerprint density at radius 1 is 0.829 bits per heavy atom. The highest BCUT2D eigenvalue weighted by Crippen LogP contribution is 2.57. The number of rotatable bonds is 11. The van der Waals surface area contributed by atoms with Crippen LogP contribution in [0.3, 0.4) is 0 Å². The zero-order valence-electron chi connectivity index (χ0n) is 25.6. The fourth-order valence-corrected chi connectivity index (χ4v) is 10.4. The van der Waals surface area contributed by atoms with Gasteiger partial charge >= 0.3 is 0 Å². The molecule has 220 valence electrons. The van der Waals surface area contributed by atoms with E-state index >= 15 is 0 Å². The van der Waals surface area contributed by atoms with Gasteiger partial charge in [-0.15, -0.1) is 11.8 Å². The Morgan fingerprint density at radius 2 is 1.24 bits per heavy atom. The minimum atomic E-state index is -2.27. The molecule has 5 nitrogen and oxygen atoms in total. The van der Waals surface area contributed by atoms with Crippen molar-refractivity contribution in [3.05, 3.63) is 108 Å². The predicted molar refractivity (Wildman–Crippen MR) is 171 cm³/mol. The van der Waals surface area contributed by atoms with Gasteiger partial charge in [-0.1, -0.05) is 125 Å². The number of β-lactam (4-membered cyclic amide) rings is 1. The minimum Gasteiger partial charge on any atom is -0.366 e. The van der Waals surface area contributed by atoms with E-state index in [-0.39, 0.29) is 22.2 Å². The average Bonchev–Trinajstić information content (AvgIpc) is 2.93. The van der Waals surface area contributed by atoms with Gasteiger partial charge in [-0.2, -0.15) is 0 Å². The van der Waals surface area contributed by atoms with Crippen LogP contribution in [0.25, 0.3) is 0 Å². The summed E-state index contributed by atoms with van der Waals surface area (Å²) in [5.74, 6) is -1.58. The summed E-state index contributed by atoms with van der Waals surface area (Å²) in [5.41, 5.74) is 3.48. The van der Waals surface area contributed by atoms with E-state index in [1.54, 1.807) is 21.0 Å². The fraction of sp³-hybridized carbons (Fsp3) is 0.441. The van der Waals surface area contributed by atoms with Crippen molar-refractivity contribution in [1.82, 2.24) is 4.57 Å². The van der Waals surface area contributed by atoms with Crippen molar-refractivity contribution in [1.29, 1.82) is 0 Å². The largest absolute Gasteiger partial charge is 0.366 e. The molecule has 1 heterocycles. The molecule has 3 atom stereocenters. The third kappa shape index (κ3) is 6.35. The van der Waals surface area contributed by atoms with Crippen LogP contribution >= 0.6 is 11.8 Å². The van der Waals surface area contributed by atoms with Crippen LogP contribution in [-0.4, -0.2) is 48.4 Å². The molecule has 0 bridgehead atoms. The van der Waals surface area contributed by atoms with Crippen LogP contribution in [0.1, 0.15) is 57.7 Å². The molecule has 1 aliphatic rings. The van der Waals surface area contributed by atoms with Crippen LogP contribution in [0.15, 0.2) is 91.0 Å². The summed E-state index contributed by atoms with van der Waals surface area (Å²) in [5, 5.41) is 10.2. The van der Waals surface area contributed by atoms with Crippen molar-refractivity contribution in [3.8, 4) is 0 Å². The molecule has 1 aliphatic heterocycles. The number of methoxy groups -OCH3 is 1. The number of ether oxygens (including phenoxy) is 2. The van der Waals surface area contributed by atoms with Gasteiger partial charge in [0.1, 0.15) is 0 Å². The highest BCUT2D eigenvalue weighted by molar-refractivity contribution is 8.01. The van der Waals surface area contributed by atoms with Gasteiger partial charge in [0, 0.05) is 13.5 Å². The van der Waals surface area contributed by atoms with E-state index in [0.717, 1.165) is 16.7 Å². The number of hydrogen-bond acceptors (Lipinski definition) is 5. The second-order valence-electron chi connectivity index (χ2n) is 12.9. The molecule has 0 aliphatic carbocycles. The van der Waals surface area contributed by atoms with Crippen molar-refractivity contribution in [3.63, 3.8) is 0 Å². The first-order valence-electron chi connectivity index (χ1n) is 14.3. The van der Waals surface area contributed by atoms with Crippen molar-refractivity contribution >= 4 is 25.9 Å². The fourth-order valence-electron chi connectivity index (χ4n) is 5.46.